The van der Waals surface area contributed by atoms with E-state index in [1.807, 2.05) is 24.3 Å². The Morgan fingerprint density at radius 3 is 2.80 bits per heavy atom. The Labute approximate surface area is 117 Å². The zero-order chi connectivity index (χ0) is 13.8. The maximum absolute atomic E-state index is 5.12. The smallest absolute Gasteiger partial charge is 0.164 e. The van der Waals surface area contributed by atoms with E-state index < -0.39 is 0 Å². The fourth-order valence-electron chi connectivity index (χ4n) is 2.27. The first kappa shape index (κ1) is 12.7. The summed E-state index contributed by atoms with van der Waals surface area (Å²) < 4.78 is 7.21. The van der Waals surface area contributed by atoms with E-state index in [2.05, 4.69) is 19.5 Å². The second-order valence-corrected chi connectivity index (χ2v) is 4.51. The van der Waals surface area contributed by atoms with E-state index in [1.54, 1.807) is 25.7 Å². The summed E-state index contributed by atoms with van der Waals surface area (Å²) in [7, 11) is 1.72. The lowest BCUT2D eigenvalue weighted by atomic mass is 10.3. The monoisotopic (exact) mass is 268 g/mol. The van der Waals surface area contributed by atoms with E-state index in [4.69, 9.17) is 4.74 Å². The van der Waals surface area contributed by atoms with Crippen LogP contribution in [0.1, 0.15) is 12.2 Å². The van der Waals surface area contributed by atoms with Gasteiger partial charge in [-0.1, -0.05) is 0 Å². The van der Waals surface area contributed by atoms with Gasteiger partial charge in [-0.3, -0.25) is 9.55 Å². The third kappa shape index (κ3) is 2.40. The summed E-state index contributed by atoms with van der Waals surface area (Å²) in [6, 6.07) is 7.83. The topological polar surface area (TPSA) is 52.8 Å². The number of fused-ring (bicyclic) bond motifs is 1. The van der Waals surface area contributed by atoms with Crippen molar-refractivity contribution in [3.63, 3.8) is 0 Å². The molecule has 0 atom stereocenters. The van der Waals surface area contributed by atoms with Crippen LogP contribution in [-0.2, 0) is 11.2 Å². The normalized spacial score (nSPS) is 11.1. The lowest BCUT2D eigenvalue weighted by Crippen LogP contribution is -2.03. The lowest BCUT2D eigenvalue weighted by molar-refractivity contribution is 0.194. The molecule has 0 saturated heterocycles. The molecule has 0 aromatic carbocycles. The largest absolute Gasteiger partial charge is 0.385 e. The first-order valence-corrected chi connectivity index (χ1v) is 6.62. The van der Waals surface area contributed by atoms with Gasteiger partial charge in [0.25, 0.3) is 0 Å². The zero-order valence-corrected chi connectivity index (χ0v) is 11.4. The minimum absolute atomic E-state index is 0.729. The second kappa shape index (κ2) is 5.79. The van der Waals surface area contributed by atoms with Crippen LogP contribution >= 0.6 is 0 Å². The molecular weight excluding hydrogens is 252 g/mol. The third-order valence-electron chi connectivity index (χ3n) is 3.16. The minimum Gasteiger partial charge on any atom is -0.385 e. The lowest BCUT2D eigenvalue weighted by Gasteiger charge is -2.08. The van der Waals surface area contributed by atoms with Crippen molar-refractivity contribution in [1.82, 2.24) is 19.5 Å². The number of rotatable bonds is 5. The van der Waals surface area contributed by atoms with Crippen LogP contribution in [-0.4, -0.2) is 33.2 Å². The Balaban J connectivity index is 2.09. The molecule has 0 unspecified atom stereocenters. The fourth-order valence-corrected chi connectivity index (χ4v) is 2.27. The fraction of sp³-hybridized carbons (Fsp3) is 0.267. The molecule has 0 saturated carbocycles. The summed E-state index contributed by atoms with van der Waals surface area (Å²) in [5.74, 6) is 1.00. The average molecular weight is 268 g/mol. The molecule has 20 heavy (non-hydrogen) atoms. The van der Waals surface area contributed by atoms with Crippen molar-refractivity contribution in [2.24, 2.45) is 0 Å². The molecule has 0 spiro atoms. The van der Waals surface area contributed by atoms with Crippen molar-refractivity contribution in [3.8, 4) is 5.69 Å². The molecule has 0 amide bonds. The molecule has 5 nitrogen and oxygen atoms in total. The number of aryl methyl sites for hydroxylation is 1. The van der Waals surface area contributed by atoms with Gasteiger partial charge >= 0.3 is 0 Å². The Morgan fingerprint density at radius 1 is 1.15 bits per heavy atom. The van der Waals surface area contributed by atoms with Crippen molar-refractivity contribution in [2.45, 2.75) is 12.8 Å². The molecule has 3 aromatic heterocycles. The van der Waals surface area contributed by atoms with Gasteiger partial charge in [0.15, 0.2) is 5.65 Å². The van der Waals surface area contributed by atoms with Gasteiger partial charge in [0.2, 0.25) is 0 Å². The van der Waals surface area contributed by atoms with Crippen LogP contribution in [0.15, 0.2) is 42.9 Å². The van der Waals surface area contributed by atoms with Crippen molar-refractivity contribution in [3.05, 3.63) is 48.7 Å². The van der Waals surface area contributed by atoms with E-state index in [-0.39, 0.29) is 0 Å². The van der Waals surface area contributed by atoms with Crippen molar-refractivity contribution in [2.75, 3.05) is 13.7 Å². The minimum atomic E-state index is 0.729. The van der Waals surface area contributed by atoms with Gasteiger partial charge in [-0.05, 0) is 30.7 Å². The maximum atomic E-state index is 5.12. The van der Waals surface area contributed by atoms with E-state index >= 15 is 0 Å². The van der Waals surface area contributed by atoms with Gasteiger partial charge in [-0.25, -0.2) is 9.97 Å². The van der Waals surface area contributed by atoms with Crippen LogP contribution in [0.2, 0.25) is 0 Å². The van der Waals surface area contributed by atoms with E-state index in [9.17, 15) is 0 Å². The number of hydrogen-bond donors (Lipinski definition) is 0. The van der Waals surface area contributed by atoms with Gasteiger partial charge in [0.1, 0.15) is 11.3 Å². The number of nitrogens with zero attached hydrogens (tertiary/aromatic N) is 4. The summed E-state index contributed by atoms with van der Waals surface area (Å²) in [4.78, 5) is 13.2. The van der Waals surface area contributed by atoms with Gasteiger partial charge in [0.05, 0.1) is 5.69 Å². The van der Waals surface area contributed by atoms with E-state index in [0.29, 0.717) is 0 Å². The number of ether oxygens (including phenoxy) is 1. The van der Waals surface area contributed by atoms with Crippen molar-refractivity contribution < 1.29 is 4.74 Å². The predicted molar refractivity (Wildman–Crippen MR) is 76.9 cm³/mol. The number of pyridine rings is 2. The summed E-state index contributed by atoms with van der Waals surface area (Å²) in [5.41, 5.74) is 2.83. The Bertz CT molecular complexity index is 693. The van der Waals surface area contributed by atoms with Crippen molar-refractivity contribution >= 4 is 11.2 Å². The van der Waals surface area contributed by atoms with Gasteiger partial charge < -0.3 is 4.74 Å². The van der Waals surface area contributed by atoms with Crippen LogP contribution in [0, 0.1) is 0 Å². The molecule has 3 rings (SSSR count). The molecule has 0 bridgehead atoms. The summed E-state index contributed by atoms with van der Waals surface area (Å²) in [5, 5.41) is 0. The summed E-state index contributed by atoms with van der Waals surface area (Å²) >= 11 is 0. The second-order valence-electron chi connectivity index (χ2n) is 4.51. The van der Waals surface area contributed by atoms with E-state index in [0.717, 1.165) is 42.1 Å². The van der Waals surface area contributed by atoms with Crippen LogP contribution in [0.4, 0.5) is 0 Å². The predicted octanol–water partition coefficient (Wildman–Crippen LogP) is 2.39. The first-order valence-electron chi connectivity index (χ1n) is 6.62. The Hall–Kier alpha value is -2.27. The number of imidazole rings is 1. The van der Waals surface area contributed by atoms with Crippen LogP contribution in [0.3, 0.4) is 0 Å². The zero-order valence-electron chi connectivity index (χ0n) is 11.4. The first-order chi connectivity index (χ1) is 9.90. The molecule has 3 heterocycles. The van der Waals surface area contributed by atoms with E-state index in [1.165, 1.54) is 0 Å². The Kier molecular flexibility index (Phi) is 3.69. The van der Waals surface area contributed by atoms with Gasteiger partial charge in [0, 0.05) is 38.7 Å². The highest BCUT2D eigenvalue weighted by Gasteiger charge is 2.12. The summed E-state index contributed by atoms with van der Waals surface area (Å²) in [6.45, 7) is 0.729. The highest BCUT2D eigenvalue weighted by molar-refractivity contribution is 5.73. The van der Waals surface area contributed by atoms with Gasteiger partial charge in [-0.2, -0.15) is 0 Å². The quantitative estimate of drug-likeness (QED) is 0.667. The average Bonchev–Trinajstić information content (AvgIpc) is 2.86. The SMILES string of the molecule is COCCCc1nc2cccnc2n1-c1ccncc1. The van der Waals surface area contributed by atoms with Gasteiger partial charge in [-0.15, -0.1) is 0 Å². The number of methoxy groups -OCH3 is 1. The molecule has 102 valence electrons. The van der Waals surface area contributed by atoms with Crippen LogP contribution < -0.4 is 0 Å². The number of hydrogen-bond acceptors (Lipinski definition) is 4. The standard InChI is InChI=1S/C15H16N4O/c1-20-11-3-5-14-18-13-4-2-8-17-15(13)19(14)12-6-9-16-10-7-12/h2,4,6-10H,3,5,11H2,1H3. The molecule has 0 radical (unpaired) electrons. The maximum Gasteiger partial charge on any atom is 0.164 e. The Morgan fingerprint density at radius 2 is 2.00 bits per heavy atom. The molecule has 0 fully saturated rings. The molecule has 0 aliphatic rings. The highest BCUT2D eigenvalue weighted by Crippen LogP contribution is 2.20. The molecule has 0 N–H and O–H groups in total. The number of aromatic nitrogens is 4. The molecule has 0 aliphatic carbocycles. The third-order valence-corrected chi connectivity index (χ3v) is 3.16. The van der Waals surface area contributed by atoms with Crippen LogP contribution in [0.25, 0.3) is 16.9 Å². The molecule has 5 heteroatoms. The molecular formula is C15H16N4O. The van der Waals surface area contributed by atoms with Crippen molar-refractivity contribution in [1.29, 1.82) is 0 Å². The molecule has 3 aromatic rings. The highest BCUT2D eigenvalue weighted by atomic mass is 16.5. The molecule has 0 aliphatic heterocycles. The summed E-state index contributed by atoms with van der Waals surface area (Å²) in [6.07, 6.45) is 7.14. The van der Waals surface area contributed by atoms with Crippen LogP contribution in [0.5, 0.6) is 0 Å².